The molecule has 47 heavy (non-hydrogen) atoms. The number of carbonyl (C=O) groups is 2. The summed E-state index contributed by atoms with van der Waals surface area (Å²) in [5.41, 5.74) is 15.8. The largest absolute Gasteiger partial charge is 0.492 e. The highest BCUT2D eigenvalue weighted by atomic mass is 32.2. The number of H-pyrrole nitrogens is 1. The molecule has 2 aromatic heterocycles. The molecule has 0 radical (unpaired) electrons. The Bertz CT molecular complexity index is 1850. The van der Waals surface area contributed by atoms with Crippen LogP contribution in [-0.4, -0.2) is 60.8 Å². The monoisotopic (exact) mass is 678 g/mol. The lowest BCUT2D eigenvalue weighted by Crippen LogP contribution is -2.41. The molecule has 0 spiro atoms. The first-order valence-corrected chi connectivity index (χ1v) is 17.9. The summed E-state index contributed by atoms with van der Waals surface area (Å²) in [6.07, 6.45) is 8.47. The molecule has 0 unspecified atom stereocenters. The molecule has 0 aliphatic carbocycles. The Balaban J connectivity index is 1.35. The van der Waals surface area contributed by atoms with Gasteiger partial charge in [0, 0.05) is 19.2 Å². The first kappa shape index (κ1) is 33.7. The second-order valence-corrected chi connectivity index (χ2v) is 14.3. The van der Waals surface area contributed by atoms with Crippen LogP contribution in [0, 0.1) is 0 Å². The second kappa shape index (κ2) is 15.3. The molecular weight excluding hydrogens is 641 g/mol. The number of amides is 1. The van der Waals surface area contributed by atoms with E-state index in [9.17, 15) is 23.1 Å². The zero-order chi connectivity index (χ0) is 33.4. The molecule has 14 heteroatoms. The van der Waals surface area contributed by atoms with Crippen molar-refractivity contribution in [1.29, 1.82) is 0 Å². The van der Waals surface area contributed by atoms with E-state index in [0.717, 1.165) is 59.3 Å². The fraction of sp³-hybridized carbons (Fsp3) is 0.333. The van der Waals surface area contributed by atoms with Crippen LogP contribution in [0.4, 0.5) is 0 Å². The van der Waals surface area contributed by atoms with Gasteiger partial charge in [0.05, 0.1) is 23.4 Å². The Morgan fingerprint density at radius 3 is 2.68 bits per heavy atom. The zero-order valence-electron chi connectivity index (χ0n) is 25.8. The van der Waals surface area contributed by atoms with Crippen molar-refractivity contribution in [2.45, 2.75) is 61.6 Å². The Morgan fingerprint density at radius 2 is 1.91 bits per heavy atom. The SMILES string of the molecule is NC(N)=NCCC[C@H](NC(=O)c1sccc1CS(=O)(=O)c1cc(-c2ccccc2CCCCc2cn[nH]c2)cc2c1OCC2)C(=O)O. The number of aliphatic carboxylic acids is 1. The van der Waals surface area contributed by atoms with Crippen molar-refractivity contribution in [1.82, 2.24) is 15.5 Å². The van der Waals surface area contributed by atoms with E-state index in [1.54, 1.807) is 17.5 Å². The molecule has 0 bridgehead atoms. The number of rotatable bonds is 16. The number of thiophene rings is 1. The fourth-order valence-electron chi connectivity index (χ4n) is 5.65. The molecule has 5 rings (SSSR count). The van der Waals surface area contributed by atoms with Crippen LogP contribution in [0.5, 0.6) is 5.75 Å². The van der Waals surface area contributed by atoms with Crippen molar-refractivity contribution in [2.75, 3.05) is 13.2 Å². The number of hydrogen-bond donors (Lipinski definition) is 5. The smallest absolute Gasteiger partial charge is 0.326 e. The minimum atomic E-state index is -3.99. The van der Waals surface area contributed by atoms with Crippen molar-refractivity contribution in [2.24, 2.45) is 16.5 Å². The number of nitrogens with one attached hydrogen (secondary N) is 2. The molecule has 7 N–H and O–H groups in total. The standard InChI is InChI=1S/C33H38N6O6S2/c34-33(35)36-13-5-10-27(32(41)42)39-31(40)30-24(12-15-46-30)20-47(43,44)28-17-25(16-23-11-14-45-29(23)28)26-9-4-3-8-22(26)7-2-1-6-21-18-37-38-19-21/h3-4,8-9,12,15-19,27H,1-2,5-7,10-11,13-14,20H2,(H,37,38)(H,39,40)(H,41,42)(H4,34,35,36)/t27-/m0/s1. The van der Waals surface area contributed by atoms with Gasteiger partial charge in [0.2, 0.25) is 0 Å². The first-order valence-electron chi connectivity index (χ1n) is 15.4. The number of hydrogen-bond acceptors (Lipinski definition) is 8. The fourth-order valence-corrected chi connectivity index (χ4v) is 8.16. The highest BCUT2D eigenvalue weighted by Gasteiger charge is 2.30. The first-order chi connectivity index (χ1) is 22.6. The van der Waals surface area contributed by atoms with Crippen molar-refractivity contribution in [3.8, 4) is 16.9 Å². The average Bonchev–Trinajstić information content (AvgIpc) is 3.83. The van der Waals surface area contributed by atoms with Gasteiger partial charge in [-0.25, -0.2) is 13.2 Å². The van der Waals surface area contributed by atoms with Gasteiger partial charge in [-0.2, -0.15) is 5.10 Å². The van der Waals surface area contributed by atoms with E-state index in [1.165, 1.54) is 5.56 Å². The second-order valence-electron chi connectivity index (χ2n) is 11.4. The molecule has 1 aliphatic heterocycles. The lowest BCUT2D eigenvalue weighted by molar-refractivity contribution is -0.139. The van der Waals surface area contributed by atoms with Gasteiger partial charge >= 0.3 is 5.97 Å². The summed E-state index contributed by atoms with van der Waals surface area (Å²) < 4.78 is 33.9. The Hall–Kier alpha value is -4.69. The van der Waals surface area contributed by atoms with Crippen LogP contribution < -0.4 is 21.5 Å². The van der Waals surface area contributed by atoms with E-state index in [0.29, 0.717) is 25.2 Å². The number of aromatic amines is 1. The maximum Gasteiger partial charge on any atom is 0.326 e. The van der Waals surface area contributed by atoms with Crippen LogP contribution in [-0.2, 0) is 39.6 Å². The number of aromatic nitrogens is 2. The molecule has 1 aliphatic rings. The molecule has 1 atom stereocenters. The van der Waals surface area contributed by atoms with E-state index in [4.69, 9.17) is 16.2 Å². The lowest BCUT2D eigenvalue weighted by Gasteiger charge is -2.16. The van der Waals surface area contributed by atoms with Crippen molar-refractivity contribution < 1.29 is 27.9 Å². The quantitative estimate of drug-likeness (QED) is 0.0663. The van der Waals surface area contributed by atoms with Gasteiger partial charge in [0.1, 0.15) is 16.7 Å². The normalized spacial score (nSPS) is 13.0. The van der Waals surface area contributed by atoms with Gasteiger partial charge in [0.15, 0.2) is 15.8 Å². The number of carboxylic acids is 1. The lowest BCUT2D eigenvalue weighted by atomic mass is 9.94. The van der Waals surface area contributed by atoms with Crippen LogP contribution in [0.2, 0.25) is 0 Å². The van der Waals surface area contributed by atoms with Gasteiger partial charge in [-0.15, -0.1) is 11.3 Å². The number of aryl methyl sites for hydroxylation is 2. The van der Waals surface area contributed by atoms with E-state index in [-0.39, 0.29) is 34.3 Å². The summed E-state index contributed by atoms with van der Waals surface area (Å²) >= 11 is 1.05. The number of sulfone groups is 1. The number of nitrogens with two attached hydrogens (primary N) is 2. The number of unbranched alkanes of at least 4 members (excludes halogenated alkanes) is 1. The van der Waals surface area contributed by atoms with Crippen LogP contribution >= 0.6 is 11.3 Å². The maximum absolute atomic E-state index is 14.0. The molecule has 0 saturated heterocycles. The minimum absolute atomic E-state index is 0.0814. The maximum atomic E-state index is 14.0. The number of aliphatic imine (C=N–C) groups is 1. The minimum Gasteiger partial charge on any atom is -0.492 e. The third-order valence-corrected chi connectivity index (χ3v) is 10.6. The van der Waals surface area contributed by atoms with Gasteiger partial charge < -0.3 is 26.6 Å². The molecule has 0 saturated carbocycles. The van der Waals surface area contributed by atoms with Crippen molar-refractivity contribution >= 4 is 39.0 Å². The molecule has 2 aromatic carbocycles. The summed E-state index contributed by atoms with van der Waals surface area (Å²) in [5, 5.41) is 20.6. The number of guanidine groups is 1. The van der Waals surface area contributed by atoms with Crippen LogP contribution in [0.25, 0.3) is 11.1 Å². The Labute approximate surface area is 277 Å². The number of carbonyl (C=O) groups excluding carboxylic acids is 1. The summed E-state index contributed by atoms with van der Waals surface area (Å²) in [5.74, 6) is -2.07. The van der Waals surface area contributed by atoms with E-state index >= 15 is 0 Å². The predicted molar refractivity (Wildman–Crippen MR) is 180 cm³/mol. The number of fused-ring (bicyclic) bond motifs is 1. The van der Waals surface area contributed by atoms with E-state index in [1.807, 2.05) is 36.7 Å². The summed E-state index contributed by atoms with van der Waals surface area (Å²) in [7, 11) is -3.99. The van der Waals surface area contributed by atoms with Crippen LogP contribution in [0.1, 0.15) is 57.6 Å². The molecule has 3 heterocycles. The molecule has 1 amide bonds. The predicted octanol–water partition coefficient (Wildman–Crippen LogP) is 3.85. The number of benzene rings is 2. The van der Waals surface area contributed by atoms with Crippen molar-refractivity contribution in [3.05, 3.63) is 87.4 Å². The summed E-state index contributed by atoms with van der Waals surface area (Å²) in [4.78, 5) is 29.1. The summed E-state index contributed by atoms with van der Waals surface area (Å²) in [6.45, 7) is 0.593. The highest BCUT2D eigenvalue weighted by Crippen LogP contribution is 2.40. The van der Waals surface area contributed by atoms with E-state index in [2.05, 4.69) is 26.6 Å². The van der Waals surface area contributed by atoms with Gasteiger partial charge in [-0.05, 0) is 95.5 Å². The number of ether oxygens (including phenoxy) is 1. The molecular formula is C33H38N6O6S2. The van der Waals surface area contributed by atoms with Crippen LogP contribution in [0.3, 0.4) is 0 Å². The van der Waals surface area contributed by atoms with Crippen LogP contribution in [0.15, 0.2) is 70.1 Å². The van der Waals surface area contributed by atoms with Gasteiger partial charge in [-0.1, -0.05) is 24.3 Å². The highest BCUT2D eigenvalue weighted by molar-refractivity contribution is 7.90. The zero-order valence-corrected chi connectivity index (χ0v) is 27.4. The number of nitrogens with zero attached hydrogens (tertiary/aromatic N) is 2. The summed E-state index contributed by atoms with van der Waals surface area (Å²) in [6, 6.07) is 12.1. The number of carboxylic acid groups (broad SMARTS) is 1. The van der Waals surface area contributed by atoms with Crippen molar-refractivity contribution in [3.63, 3.8) is 0 Å². The average molecular weight is 679 g/mol. The third kappa shape index (κ3) is 8.57. The Kier molecular flexibility index (Phi) is 10.9. The third-order valence-electron chi connectivity index (χ3n) is 7.98. The van der Waals surface area contributed by atoms with E-state index < -0.39 is 33.5 Å². The topological polar surface area (TPSA) is 203 Å². The molecule has 12 nitrogen and oxygen atoms in total. The Morgan fingerprint density at radius 1 is 1.11 bits per heavy atom. The van der Waals surface area contributed by atoms with Gasteiger partial charge in [0.25, 0.3) is 5.91 Å². The van der Waals surface area contributed by atoms with Gasteiger partial charge in [-0.3, -0.25) is 14.9 Å². The molecule has 248 valence electrons. The molecule has 4 aromatic rings. The molecule has 0 fully saturated rings.